The van der Waals surface area contributed by atoms with Crippen LogP contribution in [0, 0.1) is 13.8 Å². The minimum absolute atomic E-state index is 0.821. The van der Waals surface area contributed by atoms with Crippen molar-refractivity contribution in [2.45, 2.75) is 59.9 Å². The van der Waals surface area contributed by atoms with E-state index in [9.17, 15) is 0 Å². The number of aryl methyl sites for hydroxylation is 3. The third kappa shape index (κ3) is 7.16. The number of aliphatic imine (C=N–C) groups is 1. The number of hydrogen-bond donors (Lipinski definition) is 2. The van der Waals surface area contributed by atoms with Crippen LogP contribution in [0.4, 0.5) is 0 Å². The Hall–Kier alpha value is -1.52. The van der Waals surface area contributed by atoms with Crippen LogP contribution in [0.1, 0.15) is 50.9 Å². The Labute approximate surface area is 129 Å². The van der Waals surface area contributed by atoms with Crippen molar-refractivity contribution < 1.29 is 0 Å². The van der Waals surface area contributed by atoms with Gasteiger partial charge < -0.3 is 10.6 Å². The first-order chi connectivity index (χ1) is 10.2. The Bertz CT molecular complexity index is 422. The molecule has 0 atom stereocenters. The van der Waals surface area contributed by atoms with Crippen LogP contribution < -0.4 is 10.6 Å². The molecule has 2 N–H and O–H groups in total. The first-order valence-electron chi connectivity index (χ1n) is 8.20. The first kappa shape index (κ1) is 17.5. The van der Waals surface area contributed by atoms with Gasteiger partial charge in [0.15, 0.2) is 5.96 Å². The molecule has 1 rings (SSSR count). The van der Waals surface area contributed by atoms with Crippen LogP contribution in [0.25, 0.3) is 0 Å². The molecule has 0 unspecified atom stereocenters. The van der Waals surface area contributed by atoms with Gasteiger partial charge in [-0.05, 0) is 39.7 Å². The standard InChI is InChI=1S/C16H31N5/c1-5-7-8-10-18-16(17-6-2)19-11-9-12-21-15(4)13-14(3)20-21/h13H,5-12H2,1-4H3,(H2,17,18,19). The molecule has 5 heteroatoms. The number of unbranched alkanes of at least 4 members (excludes halogenated alkanes) is 2. The highest BCUT2D eigenvalue weighted by atomic mass is 15.3. The third-order valence-electron chi connectivity index (χ3n) is 3.32. The molecule has 1 aromatic heterocycles. The van der Waals surface area contributed by atoms with Gasteiger partial charge in [-0.3, -0.25) is 9.67 Å². The van der Waals surface area contributed by atoms with Crippen molar-refractivity contribution in [3.63, 3.8) is 0 Å². The average Bonchev–Trinajstić information content (AvgIpc) is 2.77. The highest BCUT2D eigenvalue weighted by Gasteiger charge is 2.00. The van der Waals surface area contributed by atoms with Gasteiger partial charge in [-0.25, -0.2) is 0 Å². The lowest BCUT2D eigenvalue weighted by Crippen LogP contribution is -2.37. The number of guanidine groups is 1. The van der Waals surface area contributed by atoms with Gasteiger partial charge in [0.2, 0.25) is 0 Å². The fourth-order valence-corrected chi connectivity index (χ4v) is 2.24. The molecule has 1 heterocycles. The molecule has 1 aromatic rings. The topological polar surface area (TPSA) is 54.2 Å². The molecule has 120 valence electrons. The van der Waals surface area contributed by atoms with E-state index in [2.05, 4.69) is 52.2 Å². The number of aromatic nitrogens is 2. The predicted octanol–water partition coefficient (Wildman–Crippen LogP) is 2.64. The summed E-state index contributed by atoms with van der Waals surface area (Å²) in [6, 6.07) is 2.11. The van der Waals surface area contributed by atoms with Gasteiger partial charge in [-0.15, -0.1) is 0 Å². The highest BCUT2D eigenvalue weighted by Crippen LogP contribution is 2.02. The van der Waals surface area contributed by atoms with E-state index in [1.165, 1.54) is 25.0 Å². The Kier molecular flexibility index (Phi) is 8.55. The van der Waals surface area contributed by atoms with Crippen LogP contribution in [0.3, 0.4) is 0 Å². The average molecular weight is 293 g/mol. The van der Waals surface area contributed by atoms with Gasteiger partial charge in [-0.1, -0.05) is 19.8 Å². The van der Waals surface area contributed by atoms with E-state index < -0.39 is 0 Å². The molecule has 5 nitrogen and oxygen atoms in total. The fourth-order valence-electron chi connectivity index (χ4n) is 2.24. The molecule has 0 amide bonds. The fraction of sp³-hybridized carbons (Fsp3) is 0.750. The molecule has 0 radical (unpaired) electrons. The summed E-state index contributed by atoms with van der Waals surface area (Å²) >= 11 is 0. The van der Waals surface area contributed by atoms with E-state index in [4.69, 9.17) is 0 Å². The maximum Gasteiger partial charge on any atom is 0.191 e. The number of nitrogens with one attached hydrogen (secondary N) is 2. The third-order valence-corrected chi connectivity index (χ3v) is 3.32. The van der Waals surface area contributed by atoms with Gasteiger partial charge in [0.25, 0.3) is 0 Å². The predicted molar refractivity (Wildman–Crippen MR) is 89.8 cm³/mol. The minimum atomic E-state index is 0.821. The quantitative estimate of drug-likeness (QED) is 0.418. The summed E-state index contributed by atoms with van der Waals surface area (Å²) in [5.74, 6) is 0.932. The smallest absolute Gasteiger partial charge is 0.191 e. The maximum absolute atomic E-state index is 4.62. The second-order valence-corrected chi connectivity index (χ2v) is 5.40. The summed E-state index contributed by atoms with van der Waals surface area (Å²) in [7, 11) is 0. The molecular weight excluding hydrogens is 262 g/mol. The summed E-state index contributed by atoms with van der Waals surface area (Å²) < 4.78 is 2.06. The zero-order valence-corrected chi connectivity index (χ0v) is 14.1. The molecule has 21 heavy (non-hydrogen) atoms. The zero-order valence-electron chi connectivity index (χ0n) is 14.1. The van der Waals surface area contributed by atoms with E-state index in [1.54, 1.807) is 0 Å². The Balaban J connectivity index is 2.31. The van der Waals surface area contributed by atoms with E-state index >= 15 is 0 Å². The van der Waals surface area contributed by atoms with Crippen LogP contribution in [-0.2, 0) is 6.54 Å². The highest BCUT2D eigenvalue weighted by molar-refractivity contribution is 5.79. The van der Waals surface area contributed by atoms with Crippen molar-refractivity contribution in [2.24, 2.45) is 4.99 Å². The van der Waals surface area contributed by atoms with Crippen molar-refractivity contribution in [2.75, 3.05) is 19.6 Å². The van der Waals surface area contributed by atoms with Gasteiger partial charge in [0.1, 0.15) is 0 Å². The Morgan fingerprint density at radius 2 is 2.00 bits per heavy atom. The second-order valence-electron chi connectivity index (χ2n) is 5.40. The molecule has 0 aliphatic rings. The summed E-state index contributed by atoms with van der Waals surface area (Å²) in [5.41, 5.74) is 2.31. The molecule has 0 aliphatic heterocycles. The monoisotopic (exact) mass is 293 g/mol. The molecule has 0 fully saturated rings. The largest absolute Gasteiger partial charge is 0.357 e. The van der Waals surface area contributed by atoms with E-state index in [0.29, 0.717) is 0 Å². The number of rotatable bonds is 9. The molecule has 0 aliphatic carbocycles. The van der Waals surface area contributed by atoms with Crippen LogP contribution in [0.15, 0.2) is 11.1 Å². The first-order valence-corrected chi connectivity index (χ1v) is 8.20. The van der Waals surface area contributed by atoms with Crippen LogP contribution >= 0.6 is 0 Å². The van der Waals surface area contributed by atoms with E-state index in [1.807, 2.05) is 6.92 Å². The zero-order chi connectivity index (χ0) is 15.5. The van der Waals surface area contributed by atoms with E-state index in [0.717, 1.165) is 44.3 Å². The number of hydrogen-bond acceptors (Lipinski definition) is 2. The van der Waals surface area contributed by atoms with Gasteiger partial charge in [0.05, 0.1) is 5.69 Å². The van der Waals surface area contributed by atoms with Crippen molar-refractivity contribution in [1.82, 2.24) is 20.4 Å². The van der Waals surface area contributed by atoms with Crippen LogP contribution in [0.2, 0.25) is 0 Å². The second kappa shape index (κ2) is 10.2. The van der Waals surface area contributed by atoms with Crippen LogP contribution in [-0.4, -0.2) is 35.4 Å². The van der Waals surface area contributed by atoms with Gasteiger partial charge >= 0.3 is 0 Å². The van der Waals surface area contributed by atoms with Crippen molar-refractivity contribution >= 4 is 5.96 Å². The lowest BCUT2D eigenvalue weighted by atomic mass is 10.2. The molecule has 0 bridgehead atoms. The maximum atomic E-state index is 4.62. The van der Waals surface area contributed by atoms with Crippen molar-refractivity contribution in [1.29, 1.82) is 0 Å². The van der Waals surface area contributed by atoms with Crippen molar-refractivity contribution in [3.05, 3.63) is 17.5 Å². The van der Waals surface area contributed by atoms with Crippen molar-refractivity contribution in [3.8, 4) is 0 Å². The lowest BCUT2D eigenvalue weighted by molar-refractivity contribution is 0.566. The van der Waals surface area contributed by atoms with Gasteiger partial charge in [-0.2, -0.15) is 5.10 Å². The molecule has 0 saturated heterocycles. The van der Waals surface area contributed by atoms with E-state index in [-0.39, 0.29) is 0 Å². The van der Waals surface area contributed by atoms with Crippen LogP contribution in [0.5, 0.6) is 0 Å². The lowest BCUT2D eigenvalue weighted by Gasteiger charge is -2.11. The minimum Gasteiger partial charge on any atom is -0.357 e. The molecule has 0 spiro atoms. The number of nitrogens with zero attached hydrogens (tertiary/aromatic N) is 3. The Morgan fingerprint density at radius 3 is 2.62 bits per heavy atom. The summed E-state index contributed by atoms with van der Waals surface area (Å²) in [6.45, 7) is 12.1. The molecule has 0 aromatic carbocycles. The van der Waals surface area contributed by atoms with Gasteiger partial charge in [0, 0.05) is 31.9 Å². The summed E-state index contributed by atoms with van der Waals surface area (Å²) in [4.78, 5) is 4.62. The Morgan fingerprint density at radius 1 is 1.19 bits per heavy atom. The SMILES string of the molecule is CCCCCNC(=NCCCn1nc(C)cc1C)NCC. The normalized spacial score (nSPS) is 11.7. The molecule has 0 saturated carbocycles. The molecular formula is C16H31N5. The summed E-state index contributed by atoms with van der Waals surface area (Å²) in [6.07, 6.45) is 4.72. The summed E-state index contributed by atoms with van der Waals surface area (Å²) in [5, 5.41) is 11.1.